The minimum atomic E-state index is 0.857. The van der Waals surface area contributed by atoms with Crippen LogP contribution in [0.3, 0.4) is 0 Å². The Kier molecular flexibility index (Phi) is 2.29. The Balaban J connectivity index is 2.07. The van der Waals surface area contributed by atoms with Gasteiger partial charge in [-0.2, -0.15) is 0 Å². The fourth-order valence-corrected chi connectivity index (χ4v) is 2.54. The number of nitrogens with two attached hydrogens (primary N) is 1. The van der Waals surface area contributed by atoms with Gasteiger partial charge in [-0.15, -0.1) is 0 Å². The molecule has 86 valence electrons. The van der Waals surface area contributed by atoms with Gasteiger partial charge in [0.25, 0.3) is 0 Å². The Morgan fingerprint density at radius 2 is 1.88 bits per heavy atom. The molecular weight excluding hydrogens is 208 g/mol. The minimum Gasteiger partial charge on any atom is -0.399 e. The molecule has 0 saturated carbocycles. The summed E-state index contributed by atoms with van der Waals surface area (Å²) in [7, 11) is 0. The molecule has 1 aliphatic rings. The van der Waals surface area contributed by atoms with E-state index in [2.05, 4.69) is 48.2 Å². The number of fused-ring (bicyclic) bond motifs is 1. The van der Waals surface area contributed by atoms with Gasteiger partial charge in [0, 0.05) is 23.6 Å². The van der Waals surface area contributed by atoms with Crippen LogP contribution in [0, 0.1) is 6.92 Å². The molecule has 2 N–H and O–H groups in total. The standard InChI is InChI=1S/C15H16N2/c1-11-4-2-3-5-14(11)17-9-8-12-10-13(16)6-7-15(12)17/h2-7,10H,8-9,16H2,1H3. The average molecular weight is 224 g/mol. The van der Waals surface area contributed by atoms with Crippen molar-refractivity contribution in [2.75, 3.05) is 17.2 Å². The third kappa shape index (κ3) is 1.66. The van der Waals surface area contributed by atoms with E-state index < -0.39 is 0 Å². The van der Waals surface area contributed by atoms with Crippen molar-refractivity contribution >= 4 is 17.1 Å². The van der Waals surface area contributed by atoms with E-state index in [-0.39, 0.29) is 0 Å². The predicted octanol–water partition coefficient (Wildman–Crippen LogP) is 3.27. The number of nitrogens with zero attached hydrogens (tertiary/aromatic N) is 1. The highest BCUT2D eigenvalue weighted by molar-refractivity contribution is 5.73. The third-order valence-corrected chi connectivity index (χ3v) is 3.41. The first-order chi connectivity index (χ1) is 8.25. The van der Waals surface area contributed by atoms with Crippen LogP contribution < -0.4 is 10.6 Å². The van der Waals surface area contributed by atoms with Crippen LogP contribution in [0.2, 0.25) is 0 Å². The van der Waals surface area contributed by atoms with Crippen molar-refractivity contribution in [1.82, 2.24) is 0 Å². The van der Waals surface area contributed by atoms with Crippen molar-refractivity contribution in [3.8, 4) is 0 Å². The Morgan fingerprint density at radius 3 is 2.71 bits per heavy atom. The number of hydrogen-bond donors (Lipinski definition) is 1. The second-order valence-corrected chi connectivity index (χ2v) is 4.58. The number of anilines is 3. The molecule has 0 aliphatic carbocycles. The molecule has 0 aromatic heterocycles. The zero-order valence-electron chi connectivity index (χ0n) is 9.98. The summed E-state index contributed by atoms with van der Waals surface area (Å²) < 4.78 is 0. The molecule has 2 nitrogen and oxygen atoms in total. The van der Waals surface area contributed by atoms with Crippen LogP contribution in [0.5, 0.6) is 0 Å². The summed E-state index contributed by atoms with van der Waals surface area (Å²) in [5, 5.41) is 0. The maximum atomic E-state index is 5.83. The number of hydrogen-bond acceptors (Lipinski definition) is 2. The molecule has 2 aromatic rings. The number of para-hydroxylation sites is 1. The molecule has 17 heavy (non-hydrogen) atoms. The van der Waals surface area contributed by atoms with E-state index in [1.807, 2.05) is 6.07 Å². The van der Waals surface area contributed by atoms with E-state index in [9.17, 15) is 0 Å². The van der Waals surface area contributed by atoms with E-state index in [0.717, 1.165) is 18.7 Å². The molecule has 0 saturated heterocycles. The lowest BCUT2D eigenvalue weighted by atomic mass is 10.1. The quantitative estimate of drug-likeness (QED) is 0.753. The van der Waals surface area contributed by atoms with Gasteiger partial charge in [-0.3, -0.25) is 0 Å². The Morgan fingerprint density at radius 1 is 1.06 bits per heavy atom. The molecule has 1 heterocycles. The van der Waals surface area contributed by atoms with E-state index in [1.165, 1.54) is 22.5 Å². The van der Waals surface area contributed by atoms with Gasteiger partial charge >= 0.3 is 0 Å². The minimum absolute atomic E-state index is 0.857. The maximum absolute atomic E-state index is 5.83. The van der Waals surface area contributed by atoms with E-state index in [0.29, 0.717) is 0 Å². The molecule has 0 spiro atoms. The van der Waals surface area contributed by atoms with Gasteiger partial charge in [-0.25, -0.2) is 0 Å². The zero-order chi connectivity index (χ0) is 11.8. The van der Waals surface area contributed by atoms with Crippen molar-refractivity contribution < 1.29 is 0 Å². The molecule has 2 aromatic carbocycles. The maximum Gasteiger partial charge on any atom is 0.0445 e. The van der Waals surface area contributed by atoms with Gasteiger partial charge in [-0.1, -0.05) is 18.2 Å². The van der Waals surface area contributed by atoms with Crippen LogP contribution in [0.1, 0.15) is 11.1 Å². The molecule has 0 fully saturated rings. The summed E-state index contributed by atoms with van der Waals surface area (Å²) in [5.74, 6) is 0. The highest BCUT2D eigenvalue weighted by Crippen LogP contribution is 2.36. The molecular formula is C15H16N2. The predicted molar refractivity (Wildman–Crippen MR) is 72.7 cm³/mol. The van der Waals surface area contributed by atoms with Gasteiger partial charge in [-0.05, 0) is 48.7 Å². The molecule has 0 radical (unpaired) electrons. The lowest BCUT2D eigenvalue weighted by Crippen LogP contribution is -2.14. The summed E-state index contributed by atoms with van der Waals surface area (Å²) in [6, 6.07) is 14.7. The normalized spacial score (nSPS) is 13.8. The smallest absolute Gasteiger partial charge is 0.0445 e. The Bertz CT molecular complexity index is 561. The first kappa shape index (κ1) is 10.2. The van der Waals surface area contributed by atoms with Crippen molar-refractivity contribution in [2.45, 2.75) is 13.3 Å². The topological polar surface area (TPSA) is 29.3 Å². The van der Waals surface area contributed by atoms with E-state index in [4.69, 9.17) is 5.73 Å². The largest absolute Gasteiger partial charge is 0.399 e. The zero-order valence-corrected chi connectivity index (χ0v) is 9.98. The number of aryl methyl sites for hydroxylation is 1. The van der Waals surface area contributed by atoms with Crippen LogP contribution in [0.4, 0.5) is 17.1 Å². The second kappa shape index (κ2) is 3.81. The third-order valence-electron chi connectivity index (χ3n) is 3.41. The highest BCUT2D eigenvalue weighted by atomic mass is 15.2. The molecule has 0 amide bonds. The SMILES string of the molecule is Cc1ccccc1N1CCc2cc(N)ccc21. The number of rotatable bonds is 1. The monoisotopic (exact) mass is 224 g/mol. The molecule has 0 atom stereocenters. The van der Waals surface area contributed by atoms with Crippen LogP contribution in [-0.2, 0) is 6.42 Å². The molecule has 2 heteroatoms. The van der Waals surface area contributed by atoms with Gasteiger partial charge in [0.05, 0.1) is 0 Å². The van der Waals surface area contributed by atoms with Gasteiger partial charge in [0.2, 0.25) is 0 Å². The van der Waals surface area contributed by atoms with Crippen LogP contribution in [0.15, 0.2) is 42.5 Å². The van der Waals surface area contributed by atoms with E-state index >= 15 is 0 Å². The van der Waals surface area contributed by atoms with E-state index in [1.54, 1.807) is 0 Å². The van der Waals surface area contributed by atoms with Crippen molar-refractivity contribution in [3.05, 3.63) is 53.6 Å². The summed E-state index contributed by atoms with van der Waals surface area (Å²) in [6.45, 7) is 3.20. The van der Waals surface area contributed by atoms with Gasteiger partial charge in [0.1, 0.15) is 0 Å². The lowest BCUT2D eigenvalue weighted by Gasteiger charge is -2.21. The summed E-state index contributed by atoms with van der Waals surface area (Å²) in [4.78, 5) is 2.38. The van der Waals surface area contributed by atoms with Crippen molar-refractivity contribution in [3.63, 3.8) is 0 Å². The summed E-state index contributed by atoms with van der Waals surface area (Å²) in [6.07, 6.45) is 1.08. The molecule has 0 unspecified atom stereocenters. The van der Waals surface area contributed by atoms with Crippen molar-refractivity contribution in [1.29, 1.82) is 0 Å². The summed E-state index contributed by atoms with van der Waals surface area (Å²) in [5.41, 5.74) is 12.0. The van der Waals surface area contributed by atoms with Gasteiger partial charge < -0.3 is 10.6 Å². The molecule has 0 bridgehead atoms. The highest BCUT2D eigenvalue weighted by Gasteiger charge is 2.21. The Labute approximate surface area is 102 Å². The van der Waals surface area contributed by atoms with Crippen LogP contribution >= 0.6 is 0 Å². The van der Waals surface area contributed by atoms with Gasteiger partial charge in [0.15, 0.2) is 0 Å². The number of benzene rings is 2. The molecule has 1 aliphatic heterocycles. The first-order valence-corrected chi connectivity index (χ1v) is 5.97. The second-order valence-electron chi connectivity index (χ2n) is 4.58. The molecule has 3 rings (SSSR count). The lowest BCUT2D eigenvalue weighted by molar-refractivity contribution is 0.993. The summed E-state index contributed by atoms with van der Waals surface area (Å²) >= 11 is 0. The first-order valence-electron chi connectivity index (χ1n) is 5.97. The fraction of sp³-hybridized carbons (Fsp3) is 0.200. The number of nitrogen functional groups attached to an aromatic ring is 1. The fourth-order valence-electron chi connectivity index (χ4n) is 2.54. The van der Waals surface area contributed by atoms with Crippen LogP contribution in [0.25, 0.3) is 0 Å². The van der Waals surface area contributed by atoms with Crippen molar-refractivity contribution in [2.24, 2.45) is 0 Å². The van der Waals surface area contributed by atoms with Crippen LogP contribution in [-0.4, -0.2) is 6.54 Å². The Hall–Kier alpha value is -1.96. The average Bonchev–Trinajstić information content (AvgIpc) is 2.72.